The molecule has 2 aromatic carbocycles. The van der Waals surface area contributed by atoms with E-state index in [-0.39, 0.29) is 5.91 Å². The van der Waals surface area contributed by atoms with Gasteiger partial charge in [0.2, 0.25) is 5.91 Å². The molecule has 1 aliphatic heterocycles. The number of amides is 1. The van der Waals surface area contributed by atoms with Crippen molar-refractivity contribution in [3.63, 3.8) is 0 Å². The number of ether oxygens (including phenoxy) is 1. The van der Waals surface area contributed by atoms with E-state index in [1.807, 2.05) is 19.2 Å². The van der Waals surface area contributed by atoms with Crippen molar-refractivity contribution in [2.45, 2.75) is 32.2 Å². The van der Waals surface area contributed by atoms with Gasteiger partial charge in [-0.3, -0.25) is 4.79 Å². The number of carbonyl (C=O) groups is 1. The summed E-state index contributed by atoms with van der Waals surface area (Å²) in [6, 6.07) is 14.9. The Morgan fingerprint density at radius 2 is 1.97 bits per heavy atom. The lowest BCUT2D eigenvalue weighted by atomic mass is 10.0. The molecule has 1 amide bonds. The van der Waals surface area contributed by atoms with Crippen LogP contribution in [-0.2, 0) is 6.42 Å². The number of benzene rings is 2. The summed E-state index contributed by atoms with van der Waals surface area (Å²) in [4.78, 5) is 16.6. The van der Waals surface area contributed by atoms with E-state index in [0.29, 0.717) is 11.6 Å². The standard InChI is InChI=1S/C28H39N5O2/c1-4-32(18-13-30-2)25-7-8-27(35-3)22(19-25)9-14-31-15-11-24(12-16-31)33-17-10-21-5-6-23(28(29)34)20-26(21)33/h5-8,10,17,19-20,24,30H,4,9,11-16,18H2,1-3H3,(H2,29,34). The molecule has 0 unspecified atom stereocenters. The summed E-state index contributed by atoms with van der Waals surface area (Å²) in [5.41, 5.74) is 9.70. The first-order valence-electron chi connectivity index (χ1n) is 12.7. The minimum Gasteiger partial charge on any atom is -0.496 e. The lowest BCUT2D eigenvalue weighted by Crippen LogP contribution is -2.36. The van der Waals surface area contributed by atoms with E-state index in [1.54, 1.807) is 13.2 Å². The molecule has 0 atom stereocenters. The molecule has 35 heavy (non-hydrogen) atoms. The second-order valence-corrected chi connectivity index (χ2v) is 9.36. The molecule has 2 heterocycles. The van der Waals surface area contributed by atoms with Crippen LogP contribution >= 0.6 is 0 Å². The Bertz CT molecular complexity index is 1130. The molecule has 0 bridgehead atoms. The maximum atomic E-state index is 11.6. The molecule has 0 saturated carbocycles. The second kappa shape index (κ2) is 11.6. The fourth-order valence-electron chi connectivity index (χ4n) is 5.19. The third kappa shape index (κ3) is 5.80. The Morgan fingerprint density at radius 3 is 2.66 bits per heavy atom. The molecule has 1 saturated heterocycles. The fourth-order valence-corrected chi connectivity index (χ4v) is 5.19. The normalized spacial score (nSPS) is 14.9. The number of piperidine rings is 1. The SMILES string of the molecule is CCN(CCNC)c1ccc(OC)c(CCN2CCC(n3ccc4ccc(C(N)=O)cc43)CC2)c1. The smallest absolute Gasteiger partial charge is 0.248 e. The first-order chi connectivity index (χ1) is 17.0. The number of fused-ring (bicyclic) bond motifs is 1. The van der Waals surface area contributed by atoms with Crippen molar-refractivity contribution in [1.82, 2.24) is 14.8 Å². The maximum absolute atomic E-state index is 11.6. The molecular weight excluding hydrogens is 438 g/mol. The second-order valence-electron chi connectivity index (χ2n) is 9.36. The first-order valence-corrected chi connectivity index (χ1v) is 12.7. The Balaban J connectivity index is 1.38. The van der Waals surface area contributed by atoms with Gasteiger partial charge in [0, 0.05) is 68.3 Å². The van der Waals surface area contributed by atoms with Gasteiger partial charge in [-0.05, 0) is 80.6 Å². The van der Waals surface area contributed by atoms with E-state index in [9.17, 15) is 4.79 Å². The van der Waals surface area contributed by atoms with Crippen LogP contribution in [0.1, 0.15) is 41.7 Å². The summed E-state index contributed by atoms with van der Waals surface area (Å²) >= 11 is 0. The largest absolute Gasteiger partial charge is 0.496 e. The Hall–Kier alpha value is -3.03. The molecule has 0 aliphatic carbocycles. The monoisotopic (exact) mass is 477 g/mol. The van der Waals surface area contributed by atoms with Crippen LogP contribution in [0.5, 0.6) is 5.75 Å². The zero-order chi connectivity index (χ0) is 24.8. The highest BCUT2D eigenvalue weighted by Crippen LogP contribution is 2.30. The van der Waals surface area contributed by atoms with Gasteiger partial charge in [0.25, 0.3) is 0 Å². The van der Waals surface area contributed by atoms with Gasteiger partial charge in [0.15, 0.2) is 0 Å². The average Bonchev–Trinajstić information content (AvgIpc) is 3.31. The van der Waals surface area contributed by atoms with Gasteiger partial charge >= 0.3 is 0 Å². The minimum absolute atomic E-state index is 0.377. The van der Waals surface area contributed by atoms with Crippen molar-refractivity contribution >= 4 is 22.5 Å². The van der Waals surface area contributed by atoms with Crippen molar-refractivity contribution in [3.8, 4) is 5.75 Å². The number of primary amides is 1. The summed E-state index contributed by atoms with van der Waals surface area (Å²) < 4.78 is 8.01. The molecule has 7 heteroatoms. The summed E-state index contributed by atoms with van der Waals surface area (Å²) in [6.07, 6.45) is 5.31. The third-order valence-corrected chi connectivity index (χ3v) is 7.30. The molecule has 0 radical (unpaired) electrons. The predicted molar refractivity (Wildman–Crippen MR) is 144 cm³/mol. The zero-order valence-electron chi connectivity index (χ0n) is 21.3. The molecule has 1 aromatic heterocycles. The van der Waals surface area contributed by atoms with Gasteiger partial charge in [-0.15, -0.1) is 0 Å². The fraction of sp³-hybridized carbons (Fsp3) is 0.464. The number of carbonyl (C=O) groups excluding carboxylic acids is 1. The number of likely N-dealkylation sites (tertiary alicyclic amines) is 1. The van der Waals surface area contributed by atoms with E-state index in [2.05, 4.69) is 57.1 Å². The molecule has 1 aliphatic rings. The highest BCUT2D eigenvalue weighted by Gasteiger charge is 2.22. The predicted octanol–water partition coefficient (Wildman–Crippen LogP) is 3.67. The van der Waals surface area contributed by atoms with Gasteiger partial charge < -0.3 is 30.2 Å². The highest BCUT2D eigenvalue weighted by atomic mass is 16.5. The molecule has 7 nitrogen and oxygen atoms in total. The van der Waals surface area contributed by atoms with Crippen LogP contribution in [0.2, 0.25) is 0 Å². The van der Waals surface area contributed by atoms with E-state index >= 15 is 0 Å². The van der Waals surface area contributed by atoms with Crippen molar-refractivity contribution in [2.24, 2.45) is 5.73 Å². The molecule has 0 spiro atoms. The van der Waals surface area contributed by atoms with Crippen LogP contribution in [0.15, 0.2) is 48.7 Å². The first kappa shape index (κ1) is 25.1. The Kier molecular flexibility index (Phi) is 8.31. The molecule has 1 fully saturated rings. The Morgan fingerprint density at radius 1 is 1.17 bits per heavy atom. The highest BCUT2D eigenvalue weighted by molar-refractivity contribution is 5.97. The van der Waals surface area contributed by atoms with Crippen LogP contribution in [0.3, 0.4) is 0 Å². The van der Waals surface area contributed by atoms with Crippen LogP contribution in [0.25, 0.3) is 10.9 Å². The summed E-state index contributed by atoms with van der Waals surface area (Å²) in [5.74, 6) is 0.593. The molecule has 4 rings (SSSR count). The van der Waals surface area contributed by atoms with Crippen molar-refractivity contribution in [3.05, 3.63) is 59.8 Å². The minimum atomic E-state index is -0.377. The molecule has 3 aromatic rings. The number of likely N-dealkylation sites (N-methyl/N-ethyl adjacent to an activating group) is 2. The van der Waals surface area contributed by atoms with E-state index < -0.39 is 0 Å². The summed E-state index contributed by atoms with van der Waals surface area (Å²) in [7, 11) is 3.75. The van der Waals surface area contributed by atoms with Crippen molar-refractivity contribution in [2.75, 3.05) is 58.3 Å². The topological polar surface area (TPSA) is 75.8 Å². The number of aromatic nitrogens is 1. The third-order valence-electron chi connectivity index (χ3n) is 7.30. The Labute approximate surface area is 208 Å². The number of rotatable bonds is 11. The van der Waals surface area contributed by atoms with Crippen LogP contribution in [0.4, 0.5) is 5.69 Å². The van der Waals surface area contributed by atoms with Crippen LogP contribution in [-0.4, -0.2) is 68.8 Å². The number of nitrogens with zero attached hydrogens (tertiary/aromatic N) is 3. The molecule has 3 N–H and O–H groups in total. The zero-order valence-corrected chi connectivity index (χ0v) is 21.3. The number of hydrogen-bond acceptors (Lipinski definition) is 5. The van der Waals surface area contributed by atoms with Gasteiger partial charge in [-0.25, -0.2) is 0 Å². The number of hydrogen-bond donors (Lipinski definition) is 2. The van der Waals surface area contributed by atoms with Gasteiger partial charge in [0.1, 0.15) is 5.75 Å². The van der Waals surface area contributed by atoms with Crippen molar-refractivity contribution in [1.29, 1.82) is 0 Å². The van der Waals surface area contributed by atoms with Gasteiger partial charge in [-0.2, -0.15) is 0 Å². The molecular formula is C28H39N5O2. The lowest BCUT2D eigenvalue weighted by molar-refractivity contribution is 0.100. The number of nitrogens with two attached hydrogens (primary N) is 1. The lowest BCUT2D eigenvalue weighted by Gasteiger charge is -2.33. The van der Waals surface area contributed by atoms with E-state index in [0.717, 1.165) is 75.2 Å². The summed E-state index contributed by atoms with van der Waals surface area (Å²) in [5, 5.41) is 4.40. The molecule has 188 valence electrons. The number of anilines is 1. The quantitative estimate of drug-likeness (QED) is 0.441. The van der Waals surface area contributed by atoms with Crippen molar-refractivity contribution < 1.29 is 9.53 Å². The average molecular weight is 478 g/mol. The summed E-state index contributed by atoms with van der Waals surface area (Å²) in [6.45, 7) is 8.28. The number of methoxy groups -OCH3 is 1. The van der Waals surface area contributed by atoms with E-state index in [1.165, 1.54) is 11.3 Å². The van der Waals surface area contributed by atoms with Crippen LogP contribution < -0.4 is 20.7 Å². The van der Waals surface area contributed by atoms with Gasteiger partial charge in [0.05, 0.1) is 7.11 Å². The van der Waals surface area contributed by atoms with Crippen LogP contribution in [0, 0.1) is 0 Å². The maximum Gasteiger partial charge on any atom is 0.248 e. The van der Waals surface area contributed by atoms with Gasteiger partial charge in [-0.1, -0.05) is 6.07 Å². The number of nitrogens with one attached hydrogen (secondary N) is 1. The van der Waals surface area contributed by atoms with E-state index in [4.69, 9.17) is 10.5 Å².